The van der Waals surface area contributed by atoms with Crippen molar-refractivity contribution in [3.05, 3.63) is 47.2 Å². The van der Waals surface area contributed by atoms with Crippen molar-refractivity contribution in [2.24, 2.45) is 0 Å². The van der Waals surface area contributed by atoms with Gasteiger partial charge in [0, 0.05) is 53.3 Å². The highest BCUT2D eigenvalue weighted by Gasteiger charge is 2.20. The zero-order valence-corrected chi connectivity index (χ0v) is 13.1. The SMILES string of the molecule is CS(=O)(=O)c1cc(Cl)ccc1-c1ccc(C2CNC2)nc1. The van der Waals surface area contributed by atoms with Crippen LogP contribution < -0.4 is 5.32 Å². The molecule has 110 valence electrons. The van der Waals surface area contributed by atoms with Gasteiger partial charge in [-0.25, -0.2) is 8.42 Å². The van der Waals surface area contributed by atoms with Gasteiger partial charge in [0.15, 0.2) is 9.84 Å². The Balaban J connectivity index is 2.04. The van der Waals surface area contributed by atoms with E-state index in [1.165, 1.54) is 12.3 Å². The molecule has 0 aliphatic carbocycles. The summed E-state index contributed by atoms with van der Waals surface area (Å²) >= 11 is 5.92. The molecule has 1 N–H and O–H groups in total. The third-order valence-corrected chi connectivity index (χ3v) is 5.01. The van der Waals surface area contributed by atoms with E-state index in [9.17, 15) is 8.42 Å². The minimum Gasteiger partial charge on any atom is -0.315 e. The predicted molar refractivity (Wildman–Crippen MR) is 83.4 cm³/mol. The van der Waals surface area contributed by atoms with Gasteiger partial charge >= 0.3 is 0 Å². The fourth-order valence-corrected chi connectivity index (χ4v) is 3.51. The lowest BCUT2D eigenvalue weighted by atomic mass is 9.97. The number of pyridine rings is 1. The third-order valence-electron chi connectivity index (χ3n) is 3.64. The molecule has 2 heterocycles. The minimum absolute atomic E-state index is 0.231. The van der Waals surface area contributed by atoms with Gasteiger partial charge in [-0.2, -0.15) is 0 Å². The monoisotopic (exact) mass is 322 g/mol. The van der Waals surface area contributed by atoms with E-state index in [4.69, 9.17) is 11.6 Å². The Hall–Kier alpha value is -1.43. The number of sulfone groups is 1. The van der Waals surface area contributed by atoms with Crippen LogP contribution in [-0.2, 0) is 9.84 Å². The topological polar surface area (TPSA) is 59.1 Å². The fraction of sp³-hybridized carbons (Fsp3) is 0.267. The van der Waals surface area contributed by atoms with Gasteiger partial charge < -0.3 is 5.32 Å². The molecular weight excluding hydrogens is 308 g/mol. The molecule has 0 radical (unpaired) electrons. The lowest BCUT2D eigenvalue weighted by molar-refractivity contribution is 0.440. The van der Waals surface area contributed by atoms with Gasteiger partial charge in [0.25, 0.3) is 0 Å². The van der Waals surface area contributed by atoms with E-state index >= 15 is 0 Å². The van der Waals surface area contributed by atoms with E-state index in [2.05, 4.69) is 10.3 Å². The molecule has 0 spiro atoms. The molecule has 1 aromatic heterocycles. The van der Waals surface area contributed by atoms with Crippen LogP contribution in [0.3, 0.4) is 0 Å². The molecule has 2 aromatic rings. The summed E-state index contributed by atoms with van der Waals surface area (Å²) in [4.78, 5) is 4.69. The highest BCUT2D eigenvalue weighted by molar-refractivity contribution is 7.90. The molecule has 1 saturated heterocycles. The second kappa shape index (κ2) is 5.40. The van der Waals surface area contributed by atoms with E-state index < -0.39 is 9.84 Å². The summed E-state index contributed by atoms with van der Waals surface area (Å²) in [6, 6.07) is 8.77. The van der Waals surface area contributed by atoms with Gasteiger partial charge in [0.05, 0.1) is 4.90 Å². The van der Waals surface area contributed by atoms with Gasteiger partial charge in [-0.3, -0.25) is 4.98 Å². The van der Waals surface area contributed by atoms with Gasteiger partial charge in [-0.15, -0.1) is 0 Å². The average molecular weight is 323 g/mol. The molecule has 0 unspecified atom stereocenters. The van der Waals surface area contributed by atoms with Crippen LogP contribution >= 0.6 is 11.6 Å². The number of benzene rings is 1. The molecule has 1 aliphatic heterocycles. The Labute approximate surface area is 129 Å². The molecule has 21 heavy (non-hydrogen) atoms. The Morgan fingerprint density at radius 2 is 2.00 bits per heavy atom. The van der Waals surface area contributed by atoms with Crippen LogP contribution in [0.15, 0.2) is 41.4 Å². The zero-order chi connectivity index (χ0) is 15.0. The van der Waals surface area contributed by atoms with Crippen molar-refractivity contribution in [3.8, 4) is 11.1 Å². The van der Waals surface area contributed by atoms with Crippen LogP contribution in [0.25, 0.3) is 11.1 Å². The number of nitrogens with one attached hydrogen (secondary N) is 1. The predicted octanol–water partition coefficient (Wildman–Crippen LogP) is 2.49. The summed E-state index contributed by atoms with van der Waals surface area (Å²) in [5.74, 6) is 0.457. The third kappa shape index (κ3) is 2.95. The Bertz CT molecular complexity index is 769. The first-order valence-electron chi connectivity index (χ1n) is 6.62. The smallest absolute Gasteiger partial charge is 0.176 e. The lowest BCUT2D eigenvalue weighted by Gasteiger charge is -2.26. The largest absolute Gasteiger partial charge is 0.315 e. The summed E-state index contributed by atoms with van der Waals surface area (Å²) in [6.07, 6.45) is 2.91. The summed E-state index contributed by atoms with van der Waals surface area (Å²) in [5.41, 5.74) is 2.45. The molecule has 3 rings (SSSR count). The maximum atomic E-state index is 11.9. The van der Waals surface area contributed by atoms with E-state index in [0.717, 1.165) is 24.3 Å². The molecule has 0 saturated carbocycles. The van der Waals surface area contributed by atoms with Gasteiger partial charge in [-0.1, -0.05) is 23.7 Å². The molecular formula is C15H15ClN2O2S. The number of halogens is 1. The van der Waals surface area contributed by atoms with Crippen LogP contribution in [0, 0.1) is 0 Å². The number of rotatable bonds is 3. The molecule has 1 aliphatic rings. The van der Waals surface area contributed by atoms with Crippen LogP contribution in [0.2, 0.25) is 5.02 Å². The maximum absolute atomic E-state index is 11.9. The van der Waals surface area contributed by atoms with Crippen molar-refractivity contribution in [1.82, 2.24) is 10.3 Å². The van der Waals surface area contributed by atoms with E-state index in [-0.39, 0.29) is 4.90 Å². The molecule has 0 bridgehead atoms. The van der Waals surface area contributed by atoms with Crippen molar-refractivity contribution < 1.29 is 8.42 Å². The number of aromatic nitrogens is 1. The van der Waals surface area contributed by atoms with Crippen molar-refractivity contribution in [2.45, 2.75) is 10.8 Å². The number of hydrogen-bond donors (Lipinski definition) is 1. The van der Waals surface area contributed by atoms with Crippen molar-refractivity contribution >= 4 is 21.4 Å². The summed E-state index contributed by atoms with van der Waals surface area (Å²) < 4.78 is 23.8. The fourth-order valence-electron chi connectivity index (χ4n) is 2.35. The van der Waals surface area contributed by atoms with Crippen LogP contribution in [0.1, 0.15) is 11.6 Å². The quantitative estimate of drug-likeness (QED) is 0.943. The summed E-state index contributed by atoms with van der Waals surface area (Å²) in [7, 11) is -3.35. The molecule has 0 atom stereocenters. The Morgan fingerprint density at radius 1 is 1.24 bits per heavy atom. The molecule has 4 nitrogen and oxygen atoms in total. The second-order valence-electron chi connectivity index (χ2n) is 5.24. The van der Waals surface area contributed by atoms with Crippen LogP contribution in [0.5, 0.6) is 0 Å². The van der Waals surface area contributed by atoms with Crippen LogP contribution in [-0.4, -0.2) is 32.7 Å². The normalized spacial score (nSPS) is 15.7. The molecule has 0 amide bonds. The van der Waals surface area contributed by atoms with E-state index in [1.54, 1.807) is 18.3 Å². The van der Waals surface area contributed by atoms with Crippen molar-refractivity contribution in [2.75, 3.05) is 19.3 Å². The highest BCUT2D eigenvalue weighted by atomic mass is 35.5. The molecule has 1 aromatic carbocycles. The average Bonchev–Trinajstić information content (AvgIpc) is 2.37. The van der Waals surface area contributed by atoms with Gasteiger partial charge in [-0.05, 0) is 18.2 Å². The first-order valence-corrected chi connectivity index (χ1v) is 8.89. The van der Waals surface area contributed by atoms with E-state index in [1.807, 2.05) is 12.1 Å². The van der Waals surface area contributed by atoms with Crippen LogP contribution in [0.4, 0.5) is 0 Å². The van der Waals surface area contributed by atoms with Gasteiger partial charge in [0.2, 0.25) is 0 Å². The molecule has 1 fully saturated rings. The standard InChI is InChI=1S/C15H15ClN2O2S/c1-21(19,20)15-6-12(16)3-4-13(15)10-2-5-14(18-9-10)11-7-17-8-11/h2-6,9,11,17H,7-8H2,1H3. The maximum Gasteiger partial charge on any atom is 0.176 e. The van der Waals surface area contributed by atoms with Crippen molar-refractivity contribution in [1.29, 1.82) is 0 Å². The van der Waals surface area contributed by atoms with Gasteiger partial charge in [0.1, 0.15) is 0 Å². The first-order chi connectivity index (χ1) is 9.95. The minimum atomic E-state index is -3.35. The summed E-state index contributed by atoms with van der Waals surface area (Å²) in [5, 5.41) is 3.61. The van der Waals surface area contributed by atoms with E-state index in [0.29, 0.717) is 16.5 Å². The first kappa shape index (κ1) is 14.5. The Morgan fingerprint density at radius 3 is 2.52 bits per heavy atom. The second-order valence-corrected chi connectivity index (χ2v) is 7.66. The Kier molecular flexibility index (Phi) is 3.73. The zero-order valence-electron chi connectivity index (χ0n) is 11.5. The number of hydrogen-bond acceptors (Lipinski definition) is 4. The summed E-state index contributed by atoms with van der Waals surface area (Å²) in [6.45, 7) is 1.89. The molecule has 6 heteroatoms. The lowest BCUT2D eigenvalue weighted by Crippen LogP contribution is -2.40. The highest BCUT2D eigenvalue weighted by Crippen LogP contribution is 2.30. The number of nitrogens with zero attached hydrogens (tertiary/aromatic N) is 1. The van der Waals surface area contributed by atoms with Crippen molar-refractivity contribution in [3.63, 3.8) is 0 Å².